The highest BCUT2D eigenvalue weighted by Crippen LogP contribution is 2.18. The Bertz CT molecular complexity index is 422. The molecule has 116 valence electrons. The monoisotopic (exact) mass is 288 g/mol. The summed E-state index contributed by atoms with van der Waals surface area (Å²) in [4.78, 5) is 16.8. The number of benzene rings is 1. The first-order valence-corrected chi connectivity index (χ1v) is 8.10. The van der Waals surface area contributed by atoms with Gasteiger partial charge in [-0.2, -0.15) is 0 Å². The highest BCUT2D eigenvalue weighted by Gasteiger charge is 2.19. The quantitative estimate of drug-likeness (QED) is 0.721. The summed E-state index contributed by atoms with van der Waals surface area (Å²) in [6.45, 7) is 4.66. The van der Waals surface area contributed by atoms with Gasteiger partial charge in [0.25, 0.3) is 0 Å². The molecule has 1 fully saturated rings. The summed E-state index contributed by atoms with van der Waals surface area (Å²) in [6, 6.07) is 9.64. The van der Waals surface area contributed by atoms with Crippen LogP contribution >= 0.6 is 0 Å². The second-order valence-corrected chi connectivity index (χ2v) is 6.44. The number of nitrogens with zero attached hydrogens (tertiary/aromatic N) is 2. The van der Waals surface area contributed by atoms with Crippen molar-refractivity contribution in [2.75, 3.05) is 40.3 Å². The average Bonchev–Trinajstić information content (AvgIpc) is 2.49. The molecule has 0 radical (unpaired) electrons. The summed E-state index contributed by atoms with van der Waals surface area (Å²) in [5.74, 6) is 1.13. The van der Waals surface area contributed by atoms with Crippen molar-refractivity contribution < 1.29 is 4.79 Å². The Labute approximate surface area is 128 Å². The van der Waals surface area contributed by atoms with E-state index < -0.39 is 0 Å². The molecule has 0 saturated carbocycles. The Morgan fingerprint density at radius 1 is 1.19 bits per heavy atom. The van der Waals surface area contributed by atoms with E-state index in [1.807, 2.05) is 30.3 Å². The third-order valence-corrected chi connectivity index (χ3v) is 4.30. The standard InChI is InChI=1S/C18H28N2O/c1-19(2)15-16-10-13-20(14-11-16)12-6-9-18(21)17-7-4-3-5-8-17/h3-5,7-8,16H,6,9-15H2,1-2H3. The Morgan fingerprint density at radius 3 is 2.48 bits per heavy atom. The SMILES string of the molecule is CN(C)CC1CCN(CCCC(=O)c2ccccc2)CC1. The van der Waals surface area contributed by atoms with Crippen molar-refractivity contribution >= 4 is 5.78 Å². The van der Waals surface area contributed by atoms with E-state index in [0.29, 0.717) is 6.42 Å². The molecule has 0 atom stereocenters. The molecule has 0 N–H and O–H groups in total. The fourth-order valence-corrected chi connectivity index (χ4v) is 3.14. The number of carbonyl (C=O) groups is 1. The molecule has 0 bridgehead atoms. The van der Waals surface area contributed by atoms with Crippen LogP contribution in [-0.2, 0) is 0 Å². The molecule has 1 aliphatic rings. The summed E-state index contributed by atoms with van der Waals surface area (Å²) >= 11 is 0. The Kier molecular flexibility index (Phi) is 6.40. The van der Waals surface area contributed by atoms with Gasteiger partial charge in [0.2, 0.25) is 0 Å². The molecule has 0 spiro atoms. The number of hydrogen-bond donors (Lipinski definition) is 0. The van der Waals surface area contributed by atoms with Crippen molar-refractivity contribution in [2.45, 2.75) is 25.7 Å². The largest absolute Gasteiger partial charge is 0.309 e. The van der Waals surface area contributed by atoms with Gasteiger partial charge in [0.1, 0.15) is 0 Å². The van der Waals surface area contributed by atoms with Gasteiger partial charge in [0.05, 0.1) is 0 Å². The van der Waals surface area contributed by atoms with Crippen LogP contribution in [0, 0.1) is 5.92 Å². The molecule has 0 unspecified atom stereocenters. The molecule has 1 saturated heterocycles. The van der Waals surface area contributed by atoms with E-state index in [9.17, 15) is 4.79 Å². The lowest BCUT2D eigenvalue weighted by Crippen LogP contribution is -2.37. The van der Waals surface area contributed by atoms with E-state index >= 15 is 0 Å². The topological polar surface area (TPSA) is 23.6 Å². The van der Waals surface area contributed by atoms with Gasteiger partial charge in [-0.15, -0.1) is 0 Å². The van der Waals surface area contributed by atoms with E-state index in [4.69, 9.17) is 0 Å². The summed E-state index contributed by atoms with van der Waals surface area (Å²) in [5, 5.41) is 0. The predicted molar refractivity (Wildman–Crippen MR) is 87.7 cm³/mol. The van der Waals surface area contributed by atoms with Gasteiger partial charge in [0, 0.05) is 18.5 Å². The maximum Gasteiger partial charge on any atom is 0.162 e. The summed E-state index contributed by atoms with van der Waals surface area (Å²) in [7, 11) is 4.31. The lowest BCUT2D eigenvalue weighted by Gasteiger charge is -2.33. The number of likely N-dealkylation sites (tertiary alicyclic amines) is 1. The van der Waals surface area contributed by atoms with Crippen LogP contribution in [0.4, 0.5) is 0 Å². The maximum atomic E-state index is 12.0. The zero-order chi connectivity index (χ0) is 15.1. The lowest BCUT2D eigenvalue weighted by molar-refractivity contribution is 0.0968. The van der Waals surface area contributed by atoms with Crippen LogP contribution in [0.5, 0.6) is 0 Å². The highest BCUT2D eigenvalue weighted by molar-refractivity contribution is 5.95. The van der Waals surface area contributed by atoms with Crippen molar-refractivity contribution in [3.63, 3.8) is 0 Å². The number of piperidine rings is 1. The molecule has 1 aromatic carbocycles. The molecule has 0 amide bonds. The number of carbonyl (C=O) groups excluding carboxylic acids is 1. The van der Waals surface area contributed by atoms with Gasteiger partial charge < -0.3 is 9.80 Å². The Hall–Kier alpha value is -1.19. The second kappa shape index (κ2) is 8.30. The van der Waals surface area contributed by atoms with Gasteiger partial charge in [0.15, 0.2) is 5.78 Å². The van der Waals surface area contributed by atoms with E-state index in [-0.39, 0.29) is 5.78 Å². The Balaban J connectivity index is 1.63. The molecule has 1 aromatic rings. The van der Waals surface area contributed by atoms with Gasteiger partial charge in [-0.25, -0.2) is 0 Å². The maximum absolute atomic E-state index is 12.0. The molecule has 0 aromatic heterocycles. The second-order valence-electron chi connectivity index (χ2n) is 6.44. The third kappa shape index (κ3) is 5.60. The zero-order valence-electron chi connectivity index (χ0n) is 13.4. The summed E-state index contributed by atoms with van der Waals surface area (Å²) < 4.78 is 0. The lowest BCUT2D eigenvalue weighted by atomic mass is 9.96. The third-order valence-electron chi connectivity index (χ3n) is 4.30. The predicted octanol–water partition coefficient (Wildman–Crippen LogP) is 2.92. The normalized spacial score (nSPS) is 17.3. The van der Waals surface area contributed by atoms with Gasteiger partial charge >= 0.3 is 0 Å². The van der Waals surface area contributed by atoms with Crippen LogP contribution in [-0.4, -0.2) is 55.9 Å². The van der Waals surface area contributed by atoms with Crippen LogP contribution in [0.1, 0.15) is 36.0 Å². The van der Waals surface area contributed by atoms with Crippen LogP contribution in [0.3, 0.4) is 0 Å². The minimum absolute atomic E-state index is 0.276. The molecular formula is C18H28N2O. The van der Waals surface area contributed by atoms with Crippen molar-refractivity contribution in [3.8, 4) is 0 Å². The minimum atomic E-state index is 0.276. The summed E-state index contributed by atoms with van der Waals surface area (Å²) in [6.07, 6.45) is 4.24. The average molecular weight is 288 g/mol. The van der Waals surface area contributed by atoms with Crippen LogP contribution in [0.25, 0.3) is 0 Å². The van der Waals surface area contributed by atoms with Crippen LogP contribution in [0.2, 0.25) is 0 Å². The smallest absolute Gasteiger partial charge is 0.162 e. The highest BCUT2D eigenvalue weighted by atomic mass is 16.1. The molecule has 2 rings (SSSR count). The van der Waals surface area contributed by atoms with Crippen LogP contribution < -0.4 is 0 Å². The van der Waals surface area contributed by atoms with E-state index in [1.165, 1.54) is 32.5 Å². The molecule has 0 aliphatic carbocycles. The molecule has 21 heavy (non-hydrogen) atoms. The zero-order valence-corrected chi connectivity index (χ0v) is 13.4. The first-order valence-electron chi connectivity index (χ1n) is 8.10. The Morgan fingerprint density at radius 2 is 1.86 bits per heavy atom. The number of Topliss-reactive ketones (excluding diaryl/α,β-unsaturated/α-hetero) is 1. The first kappa shape index (κ1) is 16.2. The fourth-order valence-electron chi connectivity index (χ4n) is 3.14. The number of hydrogen-bond acceptors (Lipinski definition) is 3. The van der Waals surface area contributed by atoms with Crippen molar-refractivity contribution in [3.05, 3.63) is 35.9 Å². The molecule has 3 heteroatoms. The molecular weight excluding hydrogens is 260 g/mol. The fraction of sp³-hybridized carbons (Fsp3) is 0.611. The minimum Gasteiger partial charge on any atom is -0.309 e. The van der Waals surface area contributed by atoms with Gasteiger partial charge in [-0.05, 0) is 58.9 Å². The molecule has 1 aliphatic heterocycles. The van der Waals surface area contributed by atoms with E-state index in [2.05, 4.69) is 23.9 Å². The van der Waals surface area contributed by atoms with Crippen molar-refractivity contribution in [2.24, 2.45) is 5.92 Å². The molecule has 1 heterocycles. The first-order chi connectivity index (χ1) is 10.1. The molecule has 3 nitrogen and oxygen atoms in total. The van der Waals surface area contributed by atoms with Gasteiger partial charge in [-0.3, -0.25) is 4.79 Å². The van der Waals surface area contributed by atoms with E-state index in [0.717, 1.165) is 24.4 Å². The number of ketones is 1. The number of rotatable bonds is 7. The van der Waals surface area contributed by atoms with E-state index in [1.54, 1.807) is 0 Å². The van der Waals surface area contributed by atoms with Crippen LogP contribution in [0.15, 0.2) is 30.3 Å². The van der Waals surface area contributed by atoms with Gasteiger partial charge in [-0.1, -0.05) is 30.3 Å². The summed E-state index contributed by atoms with van der Waals surface area (Å²) in [5.41, 5.74) is 0.849. The van der Waals surface area contributed by atoms with Crippen molar-refractivity contribution in [1.82, 2.24) is 9.80 Å². The van der Waals surface area contributed by atoms with Crippen molar-refractivity contribution in [1.29, 1.82) is 0 Å².